The zero-order valence-electron chi connectivity index (χ0n) is 14.0. The molecule has 0 aliphatic carbocycles. The highest BCUT2D eigenvalue weighted by Gasteiger charge is 2.35. The molecule has 0 heterocycles. The van der Waals surface area contributed by atoms with Crippen LogP contribution in [-0.4, -0.2) is 32.1 Å². The molecule has 0 spiro atoms. The van der Waals surface area contributed by atoms with Crippen molar-refractivity contribution in [3.63, 3.8) is 0 Å². The number of benzene rings is 1. The zero-order valence-corrected chi connectivity index (χ0v) is 14.0. The van der Waals surface area contributed by atoms with Crippen molar-refractivity contribution in [3.05, 3.63) is 29.8 Å². The summed E-state index contributed by atoms with van der Waals surface area (Å²) in [5.41, 5.74) is 0.742. The first-order valence-electron chi connectivity index (χ1n) is 7.47. The van der Waals surface area contributed by atoms with E-state index < -0.39 is 5.41 Å². The molecule has 0 saturated carbocycles. The molecule has 0 unspecified atom stereocenters. The summed E-state index contributed by atoms with van der Waals surface area (Å²) in [7, 11) is 1.56. The average molecular weight is 306 g/mol. The minimum Gasteiger partial charge on any atom is -0.383 e. The highest BCUT2D eigenvalue weighted by molar-refractivity contribution is 6.09. The van der Waals surface area contributed by atoms with E-state index in [4.69, 9.17) is 4.74 Å². The third kappa shape index (κ3) is 4.84. The van der Waals surface area contributed by atoms with Crippen molar-refractivity contribution in [2.75, 3.05) is 25.6 Å². The number of anilines is 1. The third-order valence-electron chi connectivity index (χ3n) is 3.56. The minimum atomic E-state index is -1.15. The summed E-state index contributed by atoms with van der Waals surface area (Å²) in [6, 6.07) is 7.66. The van der Waals surface area contributed by atoms with E-state index in [0.29, 0.717) is 24.8 Å². The van der Waals surface area contributed by atoms with Crippen molar-refractivity contribution < 1.29 is 14.3 Å². The van der Waals surface area contributed by atoms with Crippen LogP contribution in [0.5, 0.6) is 0 Å². The number of hydrogen-bond acceptors (Lipinski definition) is 3. The molecule has 2 N–H and O–H groups in total. The van der Waals surface area contributed by atoms with Crippen LogP contribution in [0.25, 0.3) is 0 Å². The zero-order chi connectivity index (χ0) is 16.8. The summed E-state index contributed by atoms with van der Waals surface area (Å²) < 4.78 is 4.88. The van der Waals surface area contributed by atoms with Crippen molar-refractivity contribution in [3.8, 4) is 0 Å². The number of nitrogens with one attached hydrogen (secondary N) is 2. The highest BCUT2D eigenvalue weighted by atomic mass is 16.5. The Balaban J connectivity index is 2.67. The highest BCUT2D eigenvalue weighted by Crippen LogP contribution is 2.21. The summed E-state index contributed by atoms with van der Waals surface area (Å²) in [6.45, 7) is 8.23. The lowest BCUT2D eigenvalue weighted by Crippen LogP contribution is -2.45. The molecule has 0 bridgehead atoms. The summed E-state index contributed by atoms with van der Waals surface area (Å²) in [4.78, 5) is 24.4. The van der Waals surface area contributed by atoms with Crippen LogP contribution in [0.1, 0.15) is 39.2 Å². The second-order valence-corrected chi connectivity index (χ2v) is 6.10. The largest absolute Gasteiger partial charge is 0.383 e. The molecule has 1 aromatic rings. The Morgan fingerprint density at radius 1 is 1.14 bits per heavy atom. The van der Waals surface area contributed by atoms with Crippen LogP contribution in [0.15, 0.2) is 24.3 Å². The average Bonchev–Trinajstić information content (AvgIpc) is 2.47. The Bertz CT molecular complexity index is 507. The molecule has 0 saturated heterocycles. The maximum absolute atomic E-state index is 12.3. The van der Waals surface area contributed by atoms with E-state index in [-0.39, 0.29) is 11.8 Å². The first kappa shape index (κ1) is 18.2. The maximum Gasteiger partial charge on any atom is 0.239 e. The number of hydrogen-bond donors (Lipinski definition) is 2. The number of carbonyl (C=O) groups excluding carboxylic acids is 2. The number of ether oxygens (including phenoxy) is 1. The molecule has 0 atom stereocenters. The lowest BCUT2D eigenvalue weighted by Gasteiger charge is -2.22. The van der Waals surface area contributed by atoms with Gasteiger partial charge in [-0.25, -0.2) is 0 Å². The van der Waals surface area contributed by atoms with Crippen molar-refractivity contribution in [1.82, 2.24) is 5.32 Å². The van der Waals surface area contributed by atoms with Gasteiger partial charge in [0.05, 0.1) is 6.61 Å². The second-order valence-electron chi connectivity index (χ2n) is 6.10. The number of carbonyl (C=O) groups is 2. The fourth-order valence-electron chi connectivity index (χ4n) is 1.83. The fourth-order valence-corrected chi connectivity index (χ4v) is 1.83. The normalized spacial score (nSPS) is 11.4. The van der Waals surface area contributed by atoms with Crippen LogP contribution in [0.4, 0.5) is 5.69 Å². The molecule has 0 aromatic heterocycles. The van der Waals surface area contributed by atoms with Crippen LogP contribution in [0, 0.1) is 5.41 Å². The van der Waals surface area contributed by atoms with E-state index >= 15 is 0 Å². The molecular weight excluding hydrogens is 280 g/mol. The second kappa shape index (κ2) is 7.94. The van der Waals surface area contributed by atoms with Gasteiger partial charge in [-0.2, -0.15) is 0 Å². The predicted octanol–water partition coefficient (Wildman–Crippen LogP) is 2.54. The van der Waals surface area contributed by atoms with Crippen molar-refractivity contribution in [2.24, 2.45) is 5.41 Å². The van der Waals surface area contributed by atoms with Gasteiger partial charge < -0.3 is 15.4 Å². The Hall–Kier alpha value is -1.88. The van der Waals surface area contributed by atoms with Crippen LogP contribution < -0.4 is 10.6 Å². The van der Waals surface area contributed by atoms with E-state index in [1.54, 1.807) is 21.0 Å². The first-order valence-corrected chi connectivity index (χ1v) is 7.47. The summed E-state index contributed by atoms with van der Waals surface area (Å²) in [5.74, 6) is -0.215. The van der Waals surface area contributed by atoms with E-state index in [1.807, 2.05) is 24.3 Å². The van der Waals surface area contributed by atoms with Gasteiger partial charge in [0, 0.05) is 19.3 Å². The van der Waals surface area contributed by atoms with Gasteiger partial charge in [0.15, 0.2) is 0 Å². The molecule has 22 heavy (non-hydrogen) atoms. The molecule has 5 heteroatoms. The van der Waals surface area contributed by atoms with Gasteiger partial charge in [-0.3, -0.25) is 9.59 Å². The van der Waals surface area contributed by atoms with Crippen LogP contribution in [0.2, 0.25) is 0 Å². The Morgan fingerprint density at radius 2 is 1.73 bits per heavy atom. The van der Waals surface area contributed by atoms with Crippen molar-refractivity contribution >= 4 is 17.5 Å². The van der Waals surface area contributed by atoms with Gasteiger partial charge in [-0.05, 0) is 37.5 Å². The lowest BCUT2D eigenvalue weighted by atomic mass is 9.91. The standard InChI is InChI=1S/C17H26N2O3/c1-12(2)13-6-8-14(9-7-13)19-16(21)17(3,4)15(20)18-10-11-22-5/h6-9,12H,10-11H2,1-5H3,(H,18,20)(H,19,21). The molecule has 122 valence electrons. The minimum absolute atomic E-state index is 0.319. The number of methoxy groups -OCH3 is 1. The molecule has 1 aromatic carbocycles. The number of rotatable bonds is 7. The predicted molar refractivity (Wildman–Crippen MR) is 87.8 cm³/mol. The Morgan fingerprint density at radius 3 is 2.23 bits per heavy atom. The Kier molecular flexibility index (Phi) is 6.56. The van der Waals surface area contributed by atoms with Crippen LogP contribution >= 0.6 is 0 Å². The first-order chi connectivity index (χ1) is 10.3. The fraction of sp³-hybridized carbons (Fsp3) is 0.529. The summed E-state index contributed by atoms with van der Waals surface area (Å²) >= 11 is 0. The molecule has 5 nitrogen and oxygen atoms in total. The van der Waals surface area contributed by atoms with E-state index in [2.05, 4.69) is 24.5 Å². The molecule has 0 fully saturated rings. The van der Waals surface area contributed by atoms with E-state index in [1.165, 1.54) is 5.56 Å². The van der Waals surface area contributed by atoms with Gasteiger partial charge in [0.25, 0.3) is 0 Å². The van der Waals surface area contributed by atoms with Gasteiger partial charge in [-0.15, -0.1) is 0 Å². The SMILES string of the molecule is COCCNC(=O)C(C)(C)C(=O)Nc1ccc(C(C)C)cc1. The van der Waals surface area contributed by atoms with Gasteiger partial charge >= 0.3 is 0 Å². The van der Waals surface area contributed by atoms with Crippen LogP contribution in [-0.2, 0) is 14.3 Å². The van der Waals surface area contributed by atoms with E-state index in [9.17, 15) is 9.59 Å². The molecular formula is C17H26N2O3. The number of amides is 2. The van der Waals surface area contributed by atoms with Gasteiger partial charge in [0.2, 0.25) is 11.8 Å². The third-order valence-corrected chi connectivity index (χ3v) is 3.56. The monoisotopic (exact) mass is 306 g/mol. The van der Waals surface area contributed by atoms with Gasteiger partial charge in [0.1, 0.15) is 5.41 Å². The quantitative estimate of drug-likeness (QED) is 0.601. The molecule has 0 aliphatic rings. The summed E-state index contributed by atoms with van der Waals surface area (Å²) in [5, 5.41) is 5.48. The van der Waals surface area contributed by atoms with Crippen molar-refractivity contribution in [1.29, 1.82) is 0 Å². The van der Waals surface area contributed by atoms with Gasteiger partial charge in [-0.1, -0.05) is 26.0 Å². The summed E-state index contributed by atoms with van der Waals surface area (Å²) in [6.07, 6.45) is 0. The van der Waals surface area contributed by atoms with Crippen LogP contribution in [0.3, 0.4) is 0 Å². The molecule has 0 aliphatic heterocycles. The lowest BCUT2D eigenvalue weighted by molar-refractivity contribution is -0.138. The Labute approximate surface area is 132 Å². The topological polar surface area (TPSA) is 67.4 Å². The molecule has 1 rings (SSSR count). The van der Waals surface area contributed by atoms with Crippen molar-refractivity contribution in [2.45, 2.75) is 33.6 Å². The van der Waals surface area contributed by atoms with E-state index in [0.717, 1.165) is 0 Å². The molecule has 0 radical (unpaired) electrons. The maximum atomic E-state index is 12.3. The molecule has 2 amide bonds. The smallest absolute Gasteiger partial charge is 0.239 e.